The van der Waals surface area contributed by atoms with Crippen molar-refractivity contribution in [3.63, 3.8) is 0 Å². The van der Waals surface area contributed by atoms with Crippen LogP contribution in [-0.2, 0) is 6.42 Å². The van der Waals surface area contributed by atoms with E-state index in [4.69, 9.17) is 4.74 Å². The first-order chi connectivity index (χ1) is 8.90. The molecule has 1 heterocycles. The highest BCUT2D eigenvalue weighted by molar-refractivity contribution is 5.29. The number of rotatable bonds is 5. The monoisotopic (exact) mass is 246 g/mol. The van der Waals surface area contributed by atoms with Gasteiger partial charge in [-0.15, -0.1) is 0 Å². The molecule has 0 aromatic heterocycles. The van der Waals surface area contributed by atoms with Crippen LogP contribution in [-0.4, -0.2) is 43.7 Å². The molecule has 0 bridgehead atoms. The lowest BCUT2D eigenvalue weighted by Crippen LogP contribution is -2.44. The minimum absolute atomic E-state index is 0.494. The van der Waals surface area contributed by atoms with E-state index in [1.807, 2.05) is 0 Å². The lowest BCUT2D eigenvalue weighted by atomic mass is 10.1. The minimum Gasteiger partial charge on any atom is -0.490 e. The topological polar surface area (TPSA) is 24.5 Å². The maximum absolute atomic E-state index is 5.83. The molecule has 2 fully saturated rings. The van der Waals surface area contributed by atoms with Crippen molar-refractivity contribution in [2.24, 2.45) is 0 Å². The highest BCUT2D eigenvalue weighted by atomic mass is 16.5. The number of hydrogen-bond donors (Lipinski definition) is 1. The van der Waals surface area contributed by atoms with Crippen LogP contribution in [0.2, 0.25) is 0 Å². The van der Waals surface area contributed by atoms with Crippen LogP contribution in [0.5, 0.6) is 5.75 Å². The second kappa shape index (κ2) is 5.72. The molecule has 18 heavy (non-hydrogen) atoms. The predicted octanol–water partition coefficient (Wildman–Crippen LogP) is 1.68. The van der Waals surface area contributed by atoms with Crippen molar-refractivity contribution in [1.29, 1.82) is 0 Å². The van der Waals surface area contributed by atoms with Crippen LogP contribution in [0.25, 0.3) is 0 Å². The van der Waals surface area contributed by atoms with Crippen molar-refractivity contribution in [3.8, 4) is 5.75 Å². The van der Waals surface area contributed by atoms with Crippen molar-refractivity contribution >= 4 is 0 Å². The summed E-state index contributed by atoms with van der Waals surface area (Å²) in [6.45, 7) is 5.78. The molecule has 1 aromatic rings. The van der Waals surface area contributed by atoms with E-state index < -0.39 is 0 Å². The summed E-state index contributed by atoms with van der Waals surface area (Å²) < 4.78 is 5.83. The molecule has 0 radical (unpaired) electrons. The zero-order chi connectivity index (χ0) is 12.2. The first-order valence-corrected chi connectivity index (χ1v) is 7.09. The molecule has 0 atom stereocenters. The second-order valence-electron chi connectivity index (χ2n) is 5.31. The highest BCUT2D eigenvalue weighted by Gasteiger charge is 2.23. The van der Waals surface area contributed by atoms with Gasteiger partial charge >= 0.3 is 0 Å². The molecule has 2 aliphatic rings. The Labute approximate surface area is 109 Å². The molecule has 0 spiro atoms. The molecule has 3 nitrogen and oxygen atoms in total. The van der Waals surface area contributed by atoms with Gasteiger partial charge in [-0.2, -0.15) is 0 Å². The van der Waals surface area contributed by atoms with Crippen LogP contribution >= 0.6 is 0 Å². The van der Waals surface area contributed by atoms with E-state index in [0.29, 0.717) is 6.10 Å². The molecule has 1 saturated heterocycles. The molecule has 1 N–H and O–H groups in total. The molecule has 98 valence electrons. The van der Waals surface area contributed by atoms with Gasteiger partial charge in [-0.1, -0.05) is 12.1 Å². The number of nitrogens with zero attached hydrogens (tertiary/aromatic N) is 1. The van der Waals surface area contributed by atoms with Gasteiger partial charge in [-0.3, -0.25) is 0 Å². The first-order valence-electron chi connectivity index (χ1n) is 7.09. The van der Waals surface area contributed by atoms with Crippen molar-refractivity contribution < 1.29 is 4.74 Å². The third-order valence-corrected chi connectivity index (χ3v) is 3.65. The van der Waals surface area contributed by atoms with Crippen molar-refractivity contribution in [1.82, 2.24) is 10.2 Å². The van der Waals surface area contributed by atoms with Crippen LogP contribution in [0.15, 0.2) is 24.3 Å². The van der Waals surface area contributed by atoms with E-state index in [-0.39, 0.29) is 0 Å². The summed E-state index contributed by atoms with van der Waals surface area (Å²) in [6.07, 6.45) is 4.08. The highest BCUT2D eigenvalue weighted by Crippen LogP contribution is 2.27. The standard InChI is InChI=1S/C15H22N2O/c1-2-13(6-9-17-10-7-16-8-11-17)12-15(3-1)18-14-4-5-14/h1-3,12,14,16H,4-11H2. The van der Waals surface area contributed by atoms with Gasteiger partial charge in [0.2, 0.25) is 0 Å². The number of ether oxygens (including phenoxy) is 1. The number of benzene rings is 1. The summed E-state index contributed by atoms with van der Waals surface area (Å²) in [5.41, 5.74) is 1.40. The zero-order valence-electron chi connectivity index (χ0n) is 10.9. The molecular formula is C15H22N2O. The van der Waals surface area contributed by atoms with E-state index in [9.17, 15) is 0 Å². The fraction of sp³-hybridized carbons (Fsp3) is 0.600. The molecule has 1 aliphatic carbocycles. The van der Waals surface area contributed by atoms with Gasteiger partial charge in [0.05, 0.1) is 6.10 Å². The van der Waals surface area contributed by atoms with E-state index in [0.717, 1.165) is 31.8 Å². The summed E-state index contributed by atoms with van der Waals surface area (Å²) >= 11 is 0. The maximum atomic E-state index is 5.83. The van der Waals surface area contributed by atoms with Crippen LogP contribution in [0, 0.1) is 0 Å². The largest absolute Gasteiger partial charge is 0.490 e. The maximum Gasteiger partial charge on any atom is 0.119 e. The number of nitrogens with one attached hydrogen (secondary N) is 1. The van der Waals surface area contributed by atoms with E-state index >= 15 is 0 Å². The van der Waals surface area contributed by atoms with Crippen LogP contribution < -0.4 is 10.1 Å². The minimum atomic E-state index is 0.494. The molecule has 1 saturated carbocycles. The van der Waals surface area contributed by atoms with Gasteiger partial charge in [-0.25, -0.2) is 0 Å². The van der Waals surface area contributed by atoms with Crippen molar-refractivity contribution in [3.05, 3.63) is 29.8 Å². The van der Waals surface area contributed by atoms with Gasteiger partial charge in [0, 0.05) is 32.7 Å². The lowest BCUT2D eigenvalue weighted by Gasteiger charge is -2.27. The molecule has 1 aromatic carbocycles. The SMILES string of the molecule is c1cc(CCN2CCNCC2)cc(OC2CC2)c1. The summed E-state index contributed by atoms with van der Waals surface area (Å²) in [7, 11) is 0. The average molecular weight is 246 g/mol. The van der Waals surface area contributed by atoms with Gasteiger partial charge < -0.3 is 15.0 Å². The summed E-state index contributed by atoms with van der Waals surface area (Å²) in [4.78, 5) is 2.53. The third-order valence-electron chi connectivity index (χ3n) is 3.65. The second-order valence-corrected chi connectivity index (χ2v) is 5.31. The third kappa shape index (κ3) is 3.47. The normalized spacial score (nSPS) is 20.9. The molecule has 0 unspecified atom stereocenters. The summed E-state index contributed by atoms with van der Waals surface area (Å²) in [5.74, 6) is 1.05. The van der Waals surface area contributed by atoms with Crippen molar-refractivity contribution in [2.75, 3.05) is 32.7 Å². The molecule has 0 amide bonds. The Balaban J connectivity index is 1.51. The van der Waals surface area contributed by atoms with E-state index in [1.165, 1.54) is 31.5 Å². The Bertz CT molecular complexity index is 384. The van der Waals surface area contributed by atoms with Gasteiger partial charge in [-0.05, 0) is 37.0 Å². The molecule has 3 rings (SSSR count). The van der Waals surface area contributed by atoms with Gasteiger partial charge in [0.15, 0.2) is 0 Å². The summed E-state index contributed by atoms with van der Waals surface area (Å²) in [6, 6.07) is 8.61. The Morgan fingerprint density at radius 3 is 2.83 bits per heavy atom. The molecule has 3 heteroatoms. The Morgan fingerprint density at radius 2 is 2.06 bits per heavy atom. The van der Waals surface area contributed by atoms with E-state index in [1.54, 1.807) is 0 Å². The van der Waals surface area contributed by atoms with Crippen LogP contribution in [0.4, 0.5) is 0 Å². The summed E-state index contributed by atoms with van der Waals surface area (Å²) in [5, 5.41) is 3.39. The zero-order valence-corrected chi connectivity index (χ0v) is 10.9. The first kappa shape index (κ1) is 12.0. The predicted molar refractivity (Wildman–Crippen MR) is 73.1 cm³/mol. The van der Waals surface area contributed by atoms with Crippen LogP contribution in [0.3, 0.4) is 0 Å². The average Bonchev–Trinajstić information content (AvgIpc) is 3.22. The number of hydrogen-bond acceptors (Lipinski definition) is 3. The lowest BCUT2D eigenvalue weighted by molar-refractivity contribution is 0.243. The van der Waals surface area contributed by atoms with Crippen molar-refractivity contribution in [2.45, 2.75) is 25.4 Å². The molecular weight excluding hydrogens is 224 g/mol. The Hall–Kier alpha value is -1.06. The quantitative estimate of drug-likeness (QED) is 0.855. The number of piperazine rings is 1. The smallest absolute Gasteiger partial charge is 0.119 e. The van der Waals surface area contributed by atoms with Crippen LogP contribution in [0.1, 0.15) is 18.4 Å². The van der Waals surface area contributed by atoms with E-state index in [2.05, 4.69) is 34.5 Å². The molecule has 1 aliphatic heterocycles. The van der Waals surface area contributed by atoms with Gasteiger partial charge in [0.1, 0.15) is 5.75 Å². The Morgan fingerprint density at radius 1 is 1.22 bits per heavy atom. The fourth-order valence-corrected chi connectivity index (χ4v) is 2.37. The fourth-order valence-electron chi connectivity index (χ4n) is 2.37. The Kier molecular flexibility index (Phi) is 3.81. The van der Waals surface area contributed by atoms with Gasteiger partial charge in [0.25, 0.3) is 0 Å².